The molecule has 1 heterocycles. The number of hydrogen-bond donors (Lipinski definition) is 0. The van der Waals surface area contributed by atoms with Crippen LogP contribution in [0.5, 0.6) is 0 Å². The first-order valence-electron chi connectivity index (χ1n) is 9.04. The molecule has 0 fully saturated rings. The molecule has 152 valence electrons. The average molecular weight is 487 g/mol. The van der Waals surface area contributed by atoms with Gasteiger partial charge in [0, 0.05) is 0 Å². The second-order valence-electron chi connectivity index (χ2n) is 6.77. The zero-order chi connectivity index (χ0) is 21.3. The third-order valence-corrected chi connectivity index (χ3v) is 9.78. The maximum atomic E-state index is 11.4. The van der Waals surface area contributed by atoms with Crippen LogP contribution < -0.4 is 28.6 Å². The fourth-order valence-corrected chi connectivity index (χ4v) is 8.20. The van der Waals surface area contributed by atoms with Crippen molar-refractivity contribution in [2.45, 2.75) is 0 Å². The molecule has 3 aromatic rings. The fourth-order valence-electron chi connectivity index (χ4n) is 3.19. The number of benzene rings is 3. The van der Waals surface area contributed by atoms with E-state index in [0.29, 0.717) is 0 Å². The van der Waals surface area contributed by atoms with Crippen molar-refractivity contribution in [2.75, 3.05) is 19.0 Å². The number of rotatable bonds is 3. The van der Waals surface area contributed by atoms with E-state index >= 15 is 0 Å². The molecule has 0 spiro atoms. The third-order valence-electron chi connectivity index (χ3n) is 4.57. The summed E-state index contributed by atoms with van der Waals surface area (Å²) in [7, 11) is -0.574. The molecule has 0 aromatic heterocycles. The van der Waals surface area contributed by atoms with E-state index in [1.54, 1.807) is 0 Å². The van der Waals surface area contributed by atoms with Crippen LogP contribution in [0.4, 0.5) is 5.69 Å². The first kappa shape index (κ1) is 20.8. The van der Waals surface area contributed by atoms with Gasteiger partial charge in [-0.25, -0.2) is 0 Å². The molecule has 0 aliphatic carbocycles. The van der Waals surface area contributed by atoms with E-state index in [9.17, 15) is 14.0 Å². The van der Waals surface area contributed by atoms with E-state index in [0.717, 1.165) is 36.1 Å². The van der Waals surface area contributed by atoms with Gasteiger partial charge in [0.15, 0.2) is 0 Å². The molecule has 1 aliphatic heterocycles. The molecule has 0 saturated heterocycles. The summed E-state index contributed by atoms with van der Waals surface area (Å²) < 4.78 is 40.6. The van der Waals surface area contributed by atoms with E-state index in [2.05, 4.69) is 11.8 Å². The first-order chi connectivity index (χ1) is 14.3. The molecule has 7 heteroatoms. The molecule has 0 saturated carbocycles. The molecule has 30 heavy (non-hydrogen) atoms. The van der Waals surface area contributed by atoms with Gasteiger partial charge < -0.3 is 0 Å². The Kier molecular flexibility index (Phi) is 5.79. The number of halogens is 1. The van der Waals surface area contributed by atoms with Gasteiger partial charge in [-0.1, -0.05) is 0 Å². The Bertz CT molecular complexity index is 1290. The SMILES string of the molecule is CN(C)c1ccc(C#CC2=c3ccccc3=[Se](O[Cl+3]([O-])([O-])[O-])c3ccccc32)cc1. The van der Waals surface area contributed by atoms with Gasteiger partial charge in [0.25, 0.3) is 0 Å². The van der Waals surface area contributed by atoms with Gasteiger partial charge in [-0.2, -0.15) is 0 Å². The Balaban J connectivity index is 1.93. The predicted molar refractivity (Wildman–Crippen MR) is 108 cm³/mol. The standard InChI is InChI=1S/C23H18ClNO4Se/c1-25(2)18-14-11-17(12-15-18)13-16-19-20-7-3-5-9-22(20)30(29-24(26,27)28)23-10-6-4-8-21(19)23/h3-12,14-15H,1-2H3. The van der Waals surface area contributed by atoms with Gasteiger partial charge in [-0.15, -0.1) is 0 Å². The summed E-state index contributed by atoms with van der Waals surface area (Å²) in [6.07, 6.45) is 0. The van der Waals surface area contributed by atoms with Crippen LogP contribution in [0.3, 0.4) is 0 Å². The van der Waals surface area contributed by atoms with Crippen LogP contribution in [0.25, 0.3) is 5.57 Å². The molecule has 3 aromatic carbocycles. The summed E-state index contributed by atoms with van der Waals surface area (Å²) in [5, 5.41) is 0.803. The molecule has 4 rings (SSSR count). The number of nitrogens with zero attached hydrogens (tertiary/aromatic N) is 1. The van der Waals surface area contributed by atoms with Gasteiger partial charge >= 0.3 is 181 Å². The van der Waals surface area contributed by atoms with Crippen LogP contribution in [-0.2, 0) is 3.37 Å². The van der Waals surface area contributed by atoms with Crippen molar-refractivity contribution in [3.8, 4) is 11.8 Å². The van der Waals surface area contributed by atoms with E-state index in [-0.39, 0.29) is 0 Å². The Morgan fingerprint density at radius 2 is 1.50 bits per heavy atom. The summed E-state index contributed by atoms with van der Waals surface area (Å²) >= 11 is -2.54. The molecule has 1 aliphatic rings. The molecular formula is C23H18ClNO4Se. The van der Waals surface area contributed by atoms with Crippen molar-refractivity contribution in [1.82, 2.24) is 0 Å². The first-order valence-corrected chi connectivity index (χ1v) is 12.7. The summed E-state index contributed by atoms with van der Waals surface area (Å²) in [6.45, 7) is 0. The molecule has 0 N–H and O–H groups in total. The molecule has 1 atom stereocenters. The van der Waals surface area contributed by atoms with Crippen LogP contribution in [0.1, 0.15) is 11.1 Å². The van der Waals surface area contributed by atoms with Gasteiger partial charge in [0.2, 0.25) is 0 Å². The predicted octanol–water partition coefficient (Wildman–Crippen LogP) is -1.04. The van der Waals surface area contributed by atoms with Crippen molar-refractivity contribution >= 4 is 29.5 Å². The zero-order valence-corrected chi connectivity index (χ0v) is 18.8. The van der Waals surface area contributed by atoms with Gasteiger partial charge in [0.05, 0.1) is 0 Å². The van der Waals surface area contributed by atoms with Crippen LogP contribution in [0.15, 0.2) is 72.8 Å². The van der Waals surface area contributed by atoms with Gasteiger partial charge in [-0.05, 0) is 0 Å². The topological polar surface area (TPSA) is 81.7 Å². The summed E-state index contributed by atoms with van der Waals surface area (Å²) in [4.78, 5) is 2.02. The summed E-state index contributed by atoms with van der Waals surface area (Å²) in [5.74, 6) is 6.48. The zero-order valence-electron chi connectivity index (χ0n) is 16.3. The van der Waals surface area contributed by atoms with Crippen molar-refractivity contribution in [2.24, 2.45) is 0 Å². The van der Waals surface area contributed by atoms with E-state index < -0.39 is 24.0 Å². The number of hydrogen-bond acceptors (Lipinski definition) is 5. The minimum atomic E-state index is -4.54. The summed E-state index contributed by atoms with van der Waals surface area (Å²) in [6, 6.07) is 22.7. The quantitative estimate of drug-likeness (QED) is 0.349. The Morgan fingerprint density at radius 3 is 2.20 bits per heavy atom. The Morgan fingerprint density at radius 1 is 0.833 bits per heavy atom. The van der Waals surface area contributed by atoms with E-state index in [1.165, 1.54) is 0 Å². The second kappa shape index (κ2) is 8.35. The van der Waals surface area contributed by atoms with Crippen LogP contribution in [-0.4, -0.2) is 27.9 Å². The summed E-state index contributed by atoms with van der Waals surface area (Å²) in [5.41, 5.74) is 3.56. The minimum absolute atomic E-state index is 0.718. The molecule has 0 bridgehead atoms. The second-order valence-corrected chi connectivity index (χ2v) is 11.4. The normalized spacial score (nSPS) is 15.0. The number of anilines is 1. The van der Waals surface area contributed by atoms with E-state index in [1.807, 2.05) is 91.8 Å². The Labute approximate surface area is 181 Å². The third kappa shape index (κ3) is 4.34. The van der Waals surface area contributed by atoms with Crippen molar-refractivity contribution in [1.29, 1.82) is 0 Å². The van der Waals surface area contributed by atoms with Crippen molar-refractivity contribution < 1.29 is 27.6 Å². The molecule has 0 radical (unpaired) electrons. The van der Waals surface area contributed by atoms with Crippen LogP contribution >= 0.6 is 0 Å². The molecule has 0 amide bonds. The van der Waals surface area contributed by atoms with Crippen LogP contribution in [0, 0.1) is 26.1 Å². The number of fused-ring (bicyclic) bond motifs is 2. The van der Waals surface area contributed by atoms with Crippen molar-refractivity contribution in [3.63, 3.8) is 0 Å². The fraction of sp³-hybridized carbons (Fsp3) is 0.0870. The Hall–Kier alpha value is -2.46. The monoisotopic (exact) mass is 487 g/mol. The molecular weight excluding hydrogens is 469 g/mol. The van der Waals surface area contributed by atoms with Gasteiger partial charge in [-0.3, -0.25) is 0 Å². The van der Waals surface area contributed by atoms with Gasteiger partial charge in [0.1, 0.15) is 0 Å². The molecule has 1 unspecified atom stereocenters. The van der Waals surface area contributed by atoms with Crippen molar-refractivity contribution in [3.05, 3.63) is 93.2 Å². The molecule has 5 nitrogen and oxygen atoms in total. The average Bonchev–Trinajstić information content (AvgIpc) is 2.72. The maximum absolute atomic E-state index is 11.4. The van der Waals surface area contributed by atoms with E-state index in [4.69, 9.17) is 3.37 Å². The van der Waals surface area contributed by atoms with Crippen LogP contribution in [0.2, 0.25) is 0 Å².